The summed E-state index contributed by atoms with van der Waals surface area (Å²) in [5.74, 6) is -0.729. The molecular formula is C20H26BrFN2O2S. The summed E-state index contributed by atoms with van der Waals surface area (Å²) in [6.07, 6.45) is 2.54. The van der Waals surface area contributed by atoms with Gasteiger partial charge in [-0.1, -0.05) is 53.9 Å². The van der Waals surface area contributed by atoms with Crippen LogP contribution in [-0.4, -0.2) is 32.4 Å². The summed E-state index contributed by atoms with van der Waals surface area (Å²) >= 11 is 3.30. The van der Waals surface area contributed by atoms with Crippen LogP contribution in [0.25, 0.3) is 0 Å². The molecular weight excluding hydrogens is 431 g/mol. The first-order valence-corrected chi connectivity index (χ1v) is 11.2. The highest BCUT2D eigenvalue weighted by Crippen LogP contribution is 2.27. The molecule has 0 bridgehead atoms. The first-order chi connectivity index (χ1) is 12.8. The summed E-state index contributed by atoms with van der Waals surface area (Å²) in [6, 6.07) is 11.9. The molecule has 0 aliphatic heterocycles. The smallest absolute Gasteiger partial charge is 0.246 e. The van der Waals surface area contributed by atoms with Crippen molar-refractivity contribution in [3.63, 3.8) is 0 Å². The van der Waals surface area contributed by atoms with Crippen LogP contribution < -0.4 is 5.32 Å². The van der Waals surface area contributed by atoms with Crippen LogP contribution in [0.5, 0.6) is 0 Å². The Labute approximate surface area is 170 Å². The zero-order valence-electron chi connectivity index (χ0n) is 15.9. The SMILES string of the molecule is CCCCC(CNc1ccccc1)N(C)S(=O)(=O)c1cc(Br)c(C)cc1F. The molecule has 0 aliphatic carbocycles. The van der Waals surface area contributed by atoms with Gasteiger partial charge in [-0.15, -0.1) is 0 Å². The van der Waals surface area contributed by atoms with Crippen LogP contribution in [0, 0.1) is 12.7 Å². The molecule has 27 heavy (non-hydrogen) atoms. The molecule has 2 aromatic carbocycles. The Morgan fingerprint density at radius 3 is 2.52 bits per heavy atom. The van der Waals surface area contributed by atoms with E-state index in [2.05, 4.69) is 28.2 Å². The van der Waals surface area contributed by atoms with Gasteiger partial charge in [0.25, 0.3) is 0 Å². The molecule has 0 heterocycles. The van der Waals surface area contributed by atoms with E-state index >= 15 is 0 Å². The first kappa shape index (κ1) is 21.9. The minimum atomic E-state index is -3.95. The Kier molecular flexibility index (Phi) is 7.82. The molecule has 0 saturated carbocycles. The molecule has 0 spiro atoms. The third-order valence-corrected chi connectivity index (χ3v) is 7.37. The molecule has 2 aromatic rings. The van der Waals surface area contributed by atoms with E-state index in [-0.39, 0.29) is 10.9 Å². The van der Waals surface area contributed by atoms with Crippen LogP contribution in [0.1, 0.15) is 31.7 Å². The first-order valence-electron chi connectivity index (χ1n) is 9.00. The highest BCUT2D eigenvalue weighted by Gasteiger charge is 2.30. The third kappa shape index (κ3) is 5.53. The standard InChI is InChI=1S/C20H26BrFN2O2S/c1-4-5-11-17(14-23-16-9-7-6-8-10-16)24(3)27(25,26)20-13-18(21)15(2)12-19(20)22/h6-10,12-13,17,23H,4-5,11,14H2,1-3H3. The number of benzene rings is 2. The lowest BCUT2D eigenvalue weighted by atomic mass is 10.1. The monoisotopic (exact) mass is 456 g/mol. The zero-order valence-corrected chi connectivity index (χ0v) is 18.3. The molecule has 0 aliphatic rings. The van der Waals surface area contributed by atoms with Crippen LogP contribution in [-0.2, 0) is 10.0 Å². The fourth-order valence-corrected chi connectivity index (χ4v) is 4.77. The van der Waals surface area contributed by atoms with Crippen molar-refractivity contribution in [2.75, 3.05) is 18.9 Å². The number of rotatable bonds is 9. The van der Waals surface area contributed by atoms with E-state index in [1.807, 2.05) is 30.3 Å². The highest BCUT2D eigenvalue weighted by molar-refractivity contribution is 9.10. The Morgan fingerprint density at radius 1 is 1.22 bits per heavy atom. The van der Waals surface area contributed by atoms with Crippen molar-refractivity contribution in [1.82, 2.24) is 4.31 Å². The summed E-state index contributed by atoms with van der Waals surface area (Å²) in [6.45, 7) is 4.24. The van der Waals surface area contributed by atoms with Crippen LogP contribution in [0.4, 0.5) is 10.1 Å². The Hall–Kier alpha value is -1.44. The fraction of sp³-hybridized carbons (Fsp3) is 0.400. The average molecular weight is 457 g/mol. The molecule has 0 amide bonds. The number of aryl methyl sites for hydroxylation is 1. The van der Waals surface area contributed by atoms with E-state index in [9.17, 15) is 12.8 Å². The topological polar surface area (TPSA) is 49.4 Å². The summed E-state index contributed by atoms with van der Waals surface area (Å²) in [4.78, 5) is -0.302. The Morgan fingerprint density at radius 2 is 1.89 bits per heavy atom. The molecule has 148 valence electrons. The van der Waals surface area contributed by atoms with Gasteiger partial charge in [0.05, 0.1) is 0 Å². The van der Waals surface area contributed by atoms with Crippen molar-refractivity contribution in [3.05, 3.63) is 58.3 Å². The number of sulfonamides is 1. The van der Waals surface area contributed by atoms with Crippen molar-refractivity contribution >= 4 is 31.6 Å². The van der Waals surface area contributed by atoms with Gasteiger partial charge in [0.2, 0.25) is 10.0 Å². The third-order valence-electron chi connectivity index (χ3n) is 4.59. The lowest BCUT2D eigenvalue weighted by Crippen LogP contribution is -2.41. The number of likely N-dealkylation sites (N-methyl/N-ethyl adjacent to an activating group) is 1. The maximum atomic E-state index is 14.4. The van der Waals surface area contributed by atoms with E-state index < -0.39 is 15.8 Å². The summed E-state index contributed by atoms with van der Waals surface area (Å²) in [5.41, 5.74) is 1.58. The lowest BCUT2D eigenvalue weighted by Gasteiger charge is -2.28. The van der Waals surface area contributed by atoms with Crippen molar-refractivity contribution in [2.45, 2.75) is 44.0 Å². The van der Waals surface area contributed by atoms with E-state index in [1.54, 1.807) is 6.92 Å². The number of halogens is 2. The predicted molar refractivity (Wildman–Crippen MR) is 112 cm³/mol. The van der Waals surface area contributed by atoms with Gasteiger partial charge in [0.1, 0.15) is 10.7 Å². The Balaban J connectivity index is 2.27. The normalized spacial score (nSPS) is 13.0. The number of para-hydroxylation sites is 1. The zero-order chi connectivity index (χ0) is 20.0. The molecule has 0 aromatic heterocycles. The molecule has 1 atom stereocenters. The van der Waals surface area contributed by atoms with Crippen molar-refractivity contribution in [2.24, 2.45) is 0 Å². The number of unbranched alkanes of at least 4 members (excludes halogenated alkanes) is 1. The molecule has 0 radical (unpaired) electrons. The van der Waals surface area contributed by atoms with Crippen LogP contribution in [0.15, 0.2) is 51.8 Å². The molecule has 1 N–H and O–H groups in total. The van der Waals surface area contributed by atoms with Crippen LogP contribution in [0.3, 0.4) is 0 Å². The maximum absolute atomic E-state index is 14.4. The van der Waals surface area contributed by atoms with Gasteiger partial charge in [0, 0.05) is 29.8 Å². The number of nitrogens with zero attached hydrogens (tertiary/aromatic N) is 1. The predicted octanol–water partition coefficient (Wildman–Crippen LogP) is 5.19. The minimum absolute atomic E-state index is 0.283. The molecule has 0 fully saturated rings. The fourth-order valence-electron chi connectivity index (χ4n) is 2.82. The van der Waals surface area contributed by atoms with Crippen LogP contribution >= 0.6 is 15.9 Å². The quantitative estimate of drug-likeness (QED) is 0.564. The molecule has 4 nitrogen and oxygen atoms in total. The summed E-state index contributed by atoms with van der Waals surface area (Å²) in [7, 11) is -2.43. The Bertz CT molecular complexity index is 860. The second-order valence-electron chi connectivity index (χ2n) is 6.60. The van der Waals surface area contributed by atoms with E-state index in [0.29, 0.717) is 23.0 Å². The van der Waals surface area contributed by atoms with E-state index in [0.717, 1.165) is 18.5 Å². The molecule has 1 unspecified atom stereocenters. The molecule has 2 rings (SSSR count). The lowest BCUT2D eigenvalue weighted by molar-refractivity contribution is 0.352. The largest absolute Gasteiger partial charge is 0.383 e. The molecule has 7 heteroatoms. The van der Waals surface area contributed by atoms with Crippen LogP contribution in [0.2, 0.25) is 0 Å². The van der Waals surface area contributed by atoms with Gasteiger partial charge in [0.15, 0.2) is 0 Å². The van der Waals surface area contributed by atoms with Crippen molar-refractivity contribution in [3.8, 4) is 0 Å². The van der Waals surface area contributed by atoms with E-state index in [4.69, 9.17) is 0 Å². The number of nitrogens with one attached hydrogen (secondary N) is 1. The van der Waals surface area contributed by atoms with Crippen molar-refractivity contribution < 1.29 is 12.8 Å². The maximum Gasteiger partial charge on any atom is 0.246 e. The number of anilines is 1. The van der Waals surface area contributed by atoms with Gasteiger partial charge in [-0.25, -0.2) is 12.8 Å². The summed E-state index contributed by atoms with van der Waals surface area (Å²) in [5, 5.41) is 3.28. The van der Waals surface area contributed by atoms with Crippen molar-refractivity contribution in [1.29, 1.82) is 0 Å². The van der Waals surface area contributed by atoms with Gasteiger partial charge < -0.3 is 5.32 Å². The number of hydrogen-bond donors (Lipinski definition) is 1. The second kappa shape index (κ2) is 9.66. The number of hydrogen-bond acceptors (Lipinski definition) is 3. The summed E-state index contributed by atoms with van der Waals surface area (Å²) < 4.78 is 42.4. The van der Waals surface area contributed by atoms with Gasteiger partial charge in [-0.05, 0) is 43.2 Å². The average Bonchev–Trinajstić information content (AvgIpc) is 2.65. The van der Waals surface area contributed by atoms with E-state index in [1.165, 1.54) is 23.5 Å². The highest BCUT2D eigenvalue weighted by atomic mass is 79.9. The van der Waals surface area contributed by atoms with Gasteiger partial charge >= 0.3 is 0 Å². The van der Waals surface area contributed by atoms with Gasteiger partial charge in [-0.3, -0.25) is 0 Å². The molecule has 0 saturated heterocycles. The second-order valence-corrected chi connectivity index (χ2v) is 9.42. The minimum Gasteiger partial charge on any atom is -0.383 e. The van der Waals surface area contributed by atoms with Gasteiger partial charge in [-0.2, -0.15) is 4.31 Å².